The summed E-state index contributed by atoms with van der Waals surface area (Å²) in [6.07, 6.45) is 2.61. The molecule has 1 aromatic carbocycles. The number of carbonyl (C=O) groups is 1. The second-order valence-electron chi connectivity index (χ2n) is 4.44. The molecule has 2 aromatic rings. The molecule has 98 valence electrons. The molecule has 1 atom stereocenters. The summed E-state index contributed by atoms with van der Waals surface area (Å²) in [6.45, 7) is 0. The Bertz CT molecular complexity index is 623. The van der Waals surface area contributed by atoms with Crippen LogP contribution in [-0.4, -0.2) is 20.9 Å². The maximum Gasteiger partial charge on any atom is 0.239 e. The number of nitrogens with one attached hydrogen (secondary N) is 1. The van der Waals surface area contributed by atoms with Gasteiger partial charge in [-0.1, -0.05) is 23.7 Å². The highest BCUT2D eigenvalue weighted by atomic mass is 35.5. The first kappa shape index (κ1) is 12.6. The minimum Gasteiger partial charge on any atom is -0.307 e. The van der Waals surface area contributed by atoms with Crippen molar-refractivity contribution in [2.24, 2.45) is 7.05 Å². The zero-order chi connectivity index (χ0) is 13.4. The van der Waals surface area contributed by atoms with Crippen molar-refractivity contribution >= 4 is 35.1 Å². The third-order valence-electron chi connectivity index (χ3n) is 2.93. The van der Waals surface area contributed by atoms with E-state index in [1.54, 1.807) is 16.4 Å². The van der Waals surface area contributed by atoms with E-state index in [-0.39, 0.29) is 11.2 Å². The predicted octanol–water partition coefficient (Wildman–Crippen LogP) is 2.73. The van der Waals surface area contributed by atoms with Crippen LogP contribution in [0.2, 0.25) is 5.02 Å². The number of aryl methyl sites for hydroxylation is 1. The average Bonchev–Trinajstić information content (AvgIpc) is 2.72. The third-order valence-corrected chi connectivity index (χ3v) is 4.40. The first-order valence-electron chi connectivity index (χ1n) is 5.87. The summed E-state index contributed by atoms with van der Waals surface area (Å²) < 4.78 is 1.71. The fraction of sp³-hybridized carbons (Fsp3) is 0.231. The summed E-state index contributed by atoms with van der Waals surface area (Å²) in [6, 6.07) is 7.60. The van der Waals surface area contributed by atoms with Crippen LogP contribution in [0.4, 0.5) is 5.82 Å². The van der Waals surface area contributed by atoms with E-state index >= 15 is 0 Å². The van der Waals surface area contributed by atoms with Crippen LogP contribution in [0.1, 0.15) is 5.56 Å². The van der Waals surface area contributed by atoms with Gasteiger partial charge < -0.3 is 5.32 Å². The number of carbonyl (C=O) groups excluding carboxylic acids is 1. The molecule has 19 heavy (non-hydrogen) atoms. The summed E-state index contributed by atoms with van der Waals surface area (Å²) in [5, 5.41) is 7.63. The fourth-order valence-electron chi connectivity index (χ4n) is 2.01. The molecule has 0 bridgehead atoms. The van der Waals surface area contributed by atoms with E-state index in [0.717, 1.165) is 10.5 Å². The van der Waals surface area contributed by atoms with Crippen LogP contribution < -0.4 is 5.32 Å². The number of aromatic nitrogens is 2. The number of anilines is 1. The van der Waals surface area contributed by atoms with E-state index in [2.05, 4.69) is 10.4 Å². The molecule has 4 nitrogen and oxygen atoms in total. The summed E-state index contributed by atoms with van der Waals surface area (Å²) in [4.78, 5) is 13.0. The molecule has 1 aliphatic rings. The summed E-state index contributed by atoms with van der Waals surface area (Å²) in [5.41, 5.74) is 1.10. The van der Waals surface area contributed by atoms with Crippen LogP contribution in [0.25, 0.3) is 0 Å². The number of fused-ring (bicyclic) bond motifs is 1. The lowest BCUT2D eigenvalue weighted by atomic mass is 10.1. The smallest absolute Gasteiger partial charge is 0.239 e. The molecular formula is C13H12ClN3OS. The molecule has 1 aliphatic heterocycles. The molecule has 3 rings (SSSR count). The van der Waals surface area contributed by atoms with Crippen molar-refractivity contribution in [2.75, 3.05) is 5.32 Å². The van der Waals surface area contributed by atoms with E-state index in [0.29, 0.717) is 17.3 Å². The normalized spacial score (nSPS) is 18.0. The Morgan fingerprint density at radius 1 is 1.42 bits per heavy atom. The summed E-state index contributed by atoms with van der Waals surface area (Å²) >= 11 is 7.41. The molecule has 2 heterocycles. The van der Waals surface area contributed by atoms with E-state index in [9.17, 15) is 4.79 Å². The number of hydrogen-bond donors (Lipinski definition) is 1. The molecular weight excluding hydrogens is 282 g/mol. The Labute approximate surface area is 120 Å². The third kappa shape index (κ3) is 2.62. The van der Waals surface area contributed by atoms with Gasteiger partial charge in [-0.15, -0.1) is 11.8 Å². The Morgan fingerprint density at radius 2 is 2.16 bits per heavy atom. The lowest BCUT2D eigenvalue weighted by Crippen LogP contribution is -2.30. The zero-order valence-corrected chi connectivity index (χ0v) is 11.8. The van der Waals surface area contributed by atoms with E-state index in [1.165, 1.54) is 0 Å². The molecule has 0 radical (unpaired) electrons. The van der Waals surface area contributed by atoms with Gasteiger partial charge in [0.25, 0.3) is 0 Å². The fourth-order valence-corrected chi connectivity index (χ4v) is 3.30. The molecule has 1 amide bonds. The highest BCUT2D eigenvalue weighted by molar-refractivity contribution is 8.01. The van der Waals surface area contributed by atoms with Crippen LogP contribution in [0.5, 0.6) is 0 Å². The lowest BCUT2D eigenvalue weighted by molar-refractivity contribution is -0.115. The minimum absolute atomic E-state index is 0.00569. The van der Waals surface area contributed by atoms with Gasteiger partial charge in [0.1, 0.15) is 0 Å². The number of nitrogens with zero attached hydrogens (tertiary/aromatic N) is 2. The Balaban J connectivity index is 1.79. The van der Waals surface area contributed by atoms with E-state index < -0.39 is 0 Å². The Kier molecular flexibility index (Phi) is 3.24. The summed E-state index contributed by atoms with van der Waals surface area (Å²) in [7, 11) is 1.85. The van der Waals surface area contributed by atoms with Gasteiger partial charge >= 0.3 is 0 Å². The first-order valence-corrected chi connectivity index (χ1v) is 7.13. The van der Waals surface area contributed by atoms with Crippen molar-refractivity contribution in [3.63, 3.8) is 0 Å². The van der Waals surface area contributed by atoms with Gasteiger partial charge in [-0.2, -0.15) is 5.10 Å². The number of thioether (sulfide) groups is 1. The van der Waals surface area contributed by atoms with E-state index in [1.807, 2.05) is 37.5 Å². The van der Waals surface area contributed by atoms with Crippen molar-refractivity contribution in [3.8, 4) is 0 Å². The Hall–Kier alpha value is -1.46. The topological polar surface area (TPSA) is 46.9 Å². The predicted molar refractivity (Wildman–Crippen MR) is 76.6 cm³/mol. The van der Waals surface area contributed by atoms with Crippen LogP contribution in [0, 0.1) is 0 Å². The van der Waals surface area contributed by atoms with Crippen molar-refractivity contribution in [1.82, 2.24) is 9.78 Å². The Morgan fingerprint density at radius 3 is 2.89 bits per heavy atom. The molecule has 1 unspecified atom stereocenters. The SMILES string of the molecule is Cn1cc2c(n1)NC(=O)C(Cc1ccc(Cl)cc1)S2. The van der Waals surface area contributed by atoms with Gasteiger partial charge in [0.15, 0.2) is 5.82 Å². The second-order valence-corrected chi connectivity index (χ2v) is 6.12. The number of hydrogen-bond acceptors (Lipinski definition) is 3. The maximum atomic E-state index is 12.0. The molecule has 1 N–H and O–H groups in total. The van der Waals surface area contributed by atoms with Crippen LogP contribution >= 0.6 is 23.4 Å². The standard InChI is InChI=1S/C13H12ClN3OS/c1-17-7-11-12(16-17)15-13(18)10(19-11)6-8-2-4-9(14)5-3-8/h2-5,7,10H,6H2,1H3,(H,15,16,18). The zero-order valence-electron chi connectivity index (χ0n) is 10.3. The van der Waals surface area contributed by atoms with Crippen molar-refractivity contribution in [3.05, 3.63) is 41.0 Å². The average molecular weight is 294 g/mol. The minimum atomic E-state index is -0.127. The molecule has 1 aromatic heterocycles. The highest BCUT2D eigenvalue weighted by Gasteiger charge is 2.29. The first-order chi connectivity index (χ1) is 9.11. The van der Waals surface area contributed by atoms with Gasteiger partial charge in [-0.25, -0.2) is 0 Å². The second kappa shape index (κ2) is 4.90. The molecule has 0 spiro atoms. The maximum absolute atomic E-state index is 12.0. The van der Waals surface area contributed by atoms with Gasteiger partial charge in [0.2, 0.25) is 5.91 Å². The van der Waals surface area contributed by atoms with Crippen molar-refractivity contribution in [1.29, 1.82) is 0 Å². The van der Waals surface area contributed by atoms with Gasteiger partial charge in [0.05, 0.1) is 10.1 Å². The van der Waals surface area contributed by atoms with E-state index in [4.69, 9.17) is 11.6 Å². The summed E-state index contributed by atoms with van der Waals surface area (Å²) in [5.74, 6) is 0.663. The van der Waals surface area contributed by atoms with Crippen LogP contribution in [0.15, 0.2) is 35.4 Å². The molecule has 0 aliphatic carbocycles. The quantitative estimate of drug-likeness (QED) is 0.926. The monoisotopic (exact) mass is 293 g/mol. The highest BCUT2D eigenvalue weighted by Crippen LogP contribution is 2.35. The van der Waals surface area contributed by atoms with Crippen molar-refractivity contribution in [2.45, 2.75) is 16.6 Å². The number of amides is 1. The molecule has 0 saturated carbocycles. The van der Waals surface area contributed by atoms with Crippen LogP contribution in [0.3, 0.4) is 0 Å². The van der Waals surface area contributed by atoms with Gasteiger partial charge in [-0.3, -0.25) is 9.48 Å². The number of benzene rings is 1. The van der Waals surface area contributed by atoms with Crippen molar-refractivity contribution < 1.29 is 4.79 Å². The van der Waals surface area contributed by atoms with Crippen LogP contribution in [-0.2, 0) is 18.3 Å². The number of rotatable bonds is 2. The molecule has 6 heteroatoms. The van der Waals surface area contributed by atoms with Gasteiger partial charge in [0, 0.05) is 18.3 Å². The largest absolute Gasteiger partial charge is 0.307 e. The molecule has 0 saturated heterocycles. The van der Waals surface area contributed by atoms with Gasteiger partial charge in [-0.05, 0) is 24.1 Å². The molecule has 0 fully saturated rings. The number of halogens is 1. The lowest BCUT2D eigenvalue weighted by Gasteiger charge is -2.20.